The van der Waals surface area contributed by atoms with Gasteiger partial charge in [-0.3, -0.25) is 0 Å². The fraction of sp³-hybridized carbons (Fsp3) is 0.261. The minimum Gasteiger partial charge on any atom is -0.495 e. The maximum atomic E-state index is 9.84. The number of anilines is 3. The number of ether oxygens (including phenoxy) is 1. The van der Waals surface area contributed by atoms with Crippen molar-refractivity contribution in [3.63, 3.8) is 0 Å². The zero-order valence-electron chi connectivity index (χ0n) is 18.1. The van der Waals surface area contributed by atoms with Gasteiger partial charge >= 0.3 is 0 Å². The second-order valence-corrected chi connectivity index (χ2v) is 8.23. The summed E-state index contributed by atoms with van der Waals surface area (Å²) in [4.78, 5) is 17.6. The van der Waals surface area contributed by atoms with Crippen molar-refractivity contribution >= 4 is 34.7 Å². The first-order chi connectivity index (χ1) is 16.1. The number of hydrogen-bond donors (Lipinski definition) is 2. The molecule has 5 rings (SSSR count). The number of methoxy groups -OCH3 is 1. The largest absolute Gasteiger partial charge is 0.495 e. The van der Waals surface area contributed by atoms with E-state index in [-0.39, 0.29) is 12.6 Å². The normalized spacial score (nSPS) is 14.2. The van der Waals surface area contributed by atoms with E-state index in [0.717, 1.165) is 54.6 Å². The van der Waals surface area contributed by atoms with Crippen molar-refractivity contribution in [3.8, 4) is 17.0 Å². The third-order valence-corrected chi connectivity index (χ3v) is 6.19. The summed E-state index contributed by atoms with van der Waals surface area (Å²) in [5, 5.41) is 10.3. The first kappa shape index (κ1) is 21.3. The molecule has 1 fully saturated rings. The van der Waals surface area contributed by atoms with E-state index < -0.39 is 0 Å². The summed E-state index contributed by atoms with van der Waals surface area (Å²) >= 11 is 6.33. The number of nitrogens with two attached hydrogens (primary N) is 1. The van der Waals surface area contributed by atoms with Crippen LogP contribution in [0.5, 0.6) is 5.75 Å². The van der Waals surface area contributed by atoms with Gasteiger partial charge in [-0.1, -0.05) is 11.6 Å². The molecule has 0 amide bonds. The minimum atomic E-state index is -0.135. The second kappa shape index (κ2) is 8.76. The van der Waals surface area contributed by atoms with Crippen LogP contribution in [-0.2, 0) is 6.61 Å². The molecule has 0 unspecified atom stereocenters. The van der Waals surface area contributed by atoms with Crippen molar-refractivity contribution in [2.24, 2.45) is 0 Å². The lowest BCUT2D eigenvalue weighted by molar-refractivity contribution is 0.281. The van der Waals surface area contributed by atoms with Crippen LogP contribution in [0.1, 0.15) is 5.56 Å². The molecule has 4 aromatic rings. The van der Waals surface area contributed by atoms with Crippen molar-refractivity contribution in [2.45, 2.75) is 6.61 Å². The van der Waals surface area contributed by atoms with E-state index in [9.17, 15) is 5.11 Å². The molecule has 0 aliphatic carbocycles. The van der Waals surface area contributed by atoms with Crippen LogP contribution >= 0.6 is 11.6 Å². The number of aliphatic hydroxyl groups excluding tert-OH is 1. The predicted octanol–water partition coefficient (Wildman–Crippen LogP) is 2.85. The summed E-state index contributed by atoms with van der Waals surface area (Å²) in [6.07, 6.45) is 5.63. The molecule has 1 aliphatic rings. The maximum Gasteiger partial charge on any atom is 0.221 e. The number of nitrogen functional groups attached to an aromatic ring is 1. The molecule has 0 bridgehead atoms. The highest BCUT2D eigenvalue weighted by atomic mass is 35.5. The first-order valence-electron chi connectivity index (χ1n) is 10.6. The highest BCUT2D eigenvalue weighted by Crippen LogP contribution is 2.34. The van der Waals surface area contributed by atoms with E-state index >= 15 is 0 Å². The number of aliphatic hydroxyl groups is 1. The number of aromatic nitrogens is 4. The smallest absolute Gasteiger partial charge is 0.221 e. The molecule has 4 heterocycles. The molecule has 0 atom stereocenters. The van der Waals surface area contributed by atoms with Crippen LogP contribution < -0.4 is 20.3 Å². The molecule has 3 aromatic heterocycles. The number of fused-ring (bicyclic) bond motifs is 1. The fourth-order valence-electron chi connectivity index (χ4n) is 4.15. The number of imidazole rings is 1. The van der Waals surface area contributed by atoms with Crippen LogP contribution in [0.15, 0.2) is 48.9 Å². The van der Waals surface area contributed by atoms with Crippen LogP contribution in [0.4, 0.5) is 17.5 Å². The summed E-state index contributed by atoms with van der Waals surface area (Å²) in [6.45, 7) is 3.26. The van der Waals surface area contributed by atoms with Crippen LogP contribution in [0.3, 0.4) is 0 Å². The molecule has 0 saturated carbocycles. The molecule has 9 nitrogen and oxygen atoms in total. The van der Waals surface area contributed by atoms with Gasteiger partial charge in [0.2, 0.25) is 5.95 Å². The average molecular weight is 466 g/mol. The lowest BCUT2D eigenvalue weighted by Crippen LogP contribution is -2.46. The number of rotatable bonds is 5. The Morgan fingerprint density at radius 3 is 2.61 bits per heavy atom. The Morgan fingerprint density at radius 1 is 1.09 bits per heavy atom. The number of benzene rings is 1. The van der Waals surface area contributed by atoms with E-state index in [2.05, 4.69) is 31.9 Å². The molecule has 1 aliphatic heterocycles. The number of nitrogens with zero attached hydrogens (tertiary/aromatic N) is 6. The van der Waals surface area contributed by atoms with Gasteiger partial charge in [0, 0.05) is 62.1 Å². The van der Waals surface area contributed by atoms with Crippen molar-refractivity contribution in [1.82, 2.24) is 19.4 Å². The van der Waals surface area contributed by atoms with E-state index in [1.807, 2.05) is 22.9 Å². The van der Waals surface area contributed by atoms with Crippen LogP contribution in [0.2, 0.25) is 5.02 Å². The summed E-state index contributed by atoms with van der Waals surface area (Å²) in [6, 6.07) is 9.58. The Hall–Kier alpha value is -3.56. The number of piperazine rings is 1. The molecule has 1 saturated heterocycles. The Bertz CT molecular complexity index is 1300. The third kappa shape index (κ3) is 4.12. The summed E-state index contributed by atoms with van der Waals surface area (Å²) < 4.78 is 7.24. The molecular weight excluding hydrogens is 442 g/mol. The van der Waals surface area contributed by atoms with Crippen molar-refractivity contribution in [2.75, 3.05) is 48.8 Å². The first-order valence-corrected chi connectivity index (χ1v) is 11.0. The lowest BCUT2D eigenvalue weighted by atomic mass is 10.1. The Kier molecular flexibility index (Phi) is 5.65. The Labute approximate surface area is 196 Å². The summed E-state index contributed by atoms with van der Waals surface area (Å²) in [5.74, 6) is 1.67. The summed E-state index contributed by atoms with van der Waals surface area (Å²) in [5.41, 5.74) is 9.89. The van der Waals surface area contributed by atoms with Gasteiger partial charge in [-0.05, 0) is 29.8 Å². The molecular formula is C23H24ClN7O2. The van der Waals surface area contributed by atoms with Crippen LogP contribution in [0, 0.1) is 0 Å². The van der Waals surface area contributed by atoms with Gasteiger partial charge in [0.25, 0.3) is 0 Å². The average Bonchev–Trinajstić information content (AvgIpc) is 3.27. The van der Waals surface area contributed by atoms with Gasteiger partial charge in [0.15, 0.2) is 0 Å². The number of pyridine rings is 1. The van der Waals surface area contributed by atoms with Gasteiger partial charge in [-0.2, -0.15) is 4.98 Å². The highest BCUT2D eigenvalue weighted by Gasteiger charge is 2.20. The minimum absolute atomic E-state index is 0.135. The van der Waals surface area contributed by atoms with Gasteiger partial charge in [-0.25, -0.2) is 9.97 Å². The molecule has 0 radical (unpaired) electrons. The standard InChI is InChI=1S/C23H24ClN7O2/c1-33-20-10-15(14-32)17(12-18(20)24)19-13-31-5-3-16(11-22(31)27-19)29-6-8-30(9-7-29)21-2-4-26-23(25)28-21/h2-5,10-13,32H,6-9,14H2,1H3,(H2,25,26,28). The molecule has 170 valence electrons. The van der Waals surface area contributed by atoms with E-state index in [0.29, 0.717) is 16.3 Å². The summed E-state index contributed by atoms with van der Waals surface area (Å²) in [7, 11) is 1.55. The fourth-order valence-corrected chi connectivity index (χ4v) is 4.39. The van der Waals surface area contributed by atoms with Gasteiger partial charge < -0.3 is 29.8 Å². The van der Waals surface area contributed by atoms with E-state index in [4.69, 9.17) is 27.1 Å². The predicted molar refractivity (Wildman–Crippen MR) is 129 cm³/mol. The van der Waals surface area contributed by atoms with E-state index in [1.165, 1.54) is 0 Å². The highest BCUT2D eigenvalue weighted by molar-refractivity contribution is 6.32. The quantitative estimate of drug-likeness (QED) is 0.463. The third-order valence-electron chi connectivity index (χ3n) is 5.90. The van der Waals surface area contributed by atoms with Gasteiger partial charge in [0.1, 0.15) is 17.2 Å². The van der Waals surface area contributed by atoms with Gasteiger partial charge in [0.05, 0.1) is 24.4 Å². The van der Waals surface area contributed by atoms with Crippen molar-refractivity contribution in [3.05, 3.63) is 59.5 Å². The Morgan fingerprint density at radius 2 is 1.88 bits per heavy atom. The SMILES string of the molecule is COc1cc(CO)c(-c2cn3ccc(N4CCN(c5ccnc(N)n5)CC4)cc3n2)cc1Cl. The molecule has 33 heavy (non-hydrogen) atoms. The lowest BCUT2D eigenvalue weighted by Gasteiger charge is -2.36. The topological polar surface area (TPSA) is 105 Å². The molecule has 0 spiro atoms. The van der Waals surface area contributed by atoms with E-state index in [1.54, 1.807) is 25.4 Å². The second-order valence-electron chi connectivity index (χ2n) is 7.83. The molecule has 1 aromatic carbocycles. The molecule has 10 heteroatoms. The maximum absolute atomic E-state index is 9.84. The zero-order valence-corrected chi connectivity index (χ0v) is 18.9. The monoisotopic (exact) mass is 465 g/mol. The zero-order chi connectivity index (χ0) is 22.9. The van der Waals surface area contributed by atoms with Crippen LogP contribution in [-0.4, -0.2) is 57.7 Å². The van der Waals surface area contributed by atoms with Crippen LogP contribution in [0.25, 0.3) is 16.9 Å². The Balaban J connectivity index is 1.38. The molecule has 3 N–H and O–H groups in total. The van der Waals surface area contributed by atoms with Crippen molar-refractivity contribution < 1.29 is 9.84 Å². The number of halogens is 1. The number of hydrogen-bond acceptors (Lipinski definition) is 8. The van der Waals surface area contributed by atoms with Gasteiger partial charge in [-0.15, -0.1) is 0 Å². The van der Waals surface area contributed by atoms with Crippen molar-refractivity contribution in [1.29, 1.82) is 0 Å².